The summed E-state index contributed by atoms with van der Waals surface area (Å²) in [5.74, 6) is -0.0964. The molecule has 0 radical (unpaired) electrons. The van der Waals surface area contributed by atoms with Crippen LogP contribution >= 0.6 is 11.6 Å². The van der Waals surface area contributed by atoms with Crippen LogP contribution in [0.4, 0.5) is 13.2 Å². The molecule has 0 heterocycles. The topological polar surface area (TPSA) is 32.3 Å². The Bertz CT molecular complexity index is 381. The van der Waals surface area contributed by atoms with Gasteiger partial charge < -0.3 is 10.4 Å². The maximum atomic E-state index is 12.1. The van der Waals surface area contributed by atoms with Crippen molar-refractivity contribution in [3.8, 4) is 5.75 Å². The molecule has 17 heavy (non-hydrogen) atoms. The Kier molecular flexibility index (Phi) is 4.65. The first-order valence-corrected chi connectivity index (χ1v) is 5.44. The third-order valence-corrected chi connectivity index (χ3v) is 2.55. The predicted octanol–water partition coefficient (Wildman–Crippen LogP) is 3.48. The lowest BCUT2D eigenvalue weighted by Crippen LogP contribution is -2.30. The van der Waals surface area contributed by atoms with Gasteiger partial charge in [-0.05, 0) is 13.0 Å². The smallest absolute Gasteiger partial charge is 0.390 e. The number of hydrogen-bond acceptors (Lipinski definition) is 2. The van der Waals surface area contributed by atoms with Crippen molar-refractivity contribution in [3.63, 3.8) is 0 Å². The van der Waals surface area contributed by atoms with Crippen molar-refractivity contribution in [2.45, 2.75) is 32.1 Å². The number of benzene rings is 1. The fourth-order valence-corrected chi connectivity index (χ4v) is 1.60. The third-order valence-electron chi connectivity index (χ3n) is 2.25. The molecule has 1 rings (SSSR count). The molecule has 0 saturated carbocycles. The van der Waals surface area contributed by atoms with Gasteiger partial charge in [-0.1, -0.05) is 23.7 Å². The number of halogens is 4. The summed E-state index contributed by atoms with van der Waals surface area (Å²) in [5, 5.41) is 12.4. The highest BCUT2D eigenvalue weighted by Gasteiger charge is 2.29. The highest BCUT2D eigenvalue weighted by Crippen LogP contribution is 2.27. The van der Waals surface area contributed by atoms with E-state index in [4.69, 9.17) is 11.6 Å². The Balaban J connectivity index is 2.53. The monoisotopic (exact) mass is 267 g/mol. The van der Waals surface area contributed by atoms with E-state index in [-0.39, 0.29) is 17.3 Å². The molecule has 1 aromatic rings. The lowest BCUT2D eigenvalue weighted by atomic mass is 10.1. The van der Waals surface area contributed by atoms with Gasteiger partial charge in [-0.2, -0.15) is 13.2 Å². The zero-order valence-corrected chi connectivity index (χ0v) is 9.94. The van der Waals surface area contributed by atoms with Crippen molar-refractivity contribution < 1.29 is 18.3 Å². The molecular weight excluding hydrogens is 255 g/mol. The van der Waals surface area contributed by atoms with Crippen LogP contribution in [0, 0.1) is 0 Å². The average molecular weight is 268 g/mol. The van der Waals surface area contributed by atoms with Crippen molar-refractivity contribution in [2.75, 3.05) is 0 Å². The Hall–Kier alpha value is -0.940. The first-order valence-electron chi connectivity index (χ1n) is 5.06. The molecule has 0 aliphatic rings. The molecule has 0 amide bonds. The number of alkyl halides is 3. The van der Waals surface area contributed by atoms with Crippen LogP contribution < -0.4 is 5.32 Å². The highest BCUT2D eigenvalue weighted by molar-refractivity contribution is 6.32. The first-order chi connectivity index (χ1) is 7.79. The standard InChI is InChI=1S/C11H13ClF3NO/c1-7(5-11(13,14)15)16-6-8-3-2-4-9(12)10(8)17/h2-4,7,16-17H,5-6H2,1H3. The molecule has 0 fully saturated rings. The number of nitrogens with one attached hydrogen (secondary N) is 1. The molecule has 0 saturated heterocycles. The number of para-hydroxylation sites is 1. The Morgan fingerprint density at radius 1 is 1.41 bits per heavy atom. The lowest BCUT2D eigenvalue weighted by molar-refractivity contribution is -0.139. The highest BCUT2D eigenvalue weighted by atomic mass is 35.5. The van der Waals surface area contributed by atoms with Crippen LogP contribution in [0.25, 0.3) is 0 Å². The SMILES string of the molecule is CC(CC(F)(F)F)NCc1cccc(Cl)c1O. The van der Waals surface area contributed by atoms with Crippen LogP contribution in [-0.4, -0.2) is 17.3 Å². The molecule has 0 spiro atoms. The lowest BCUT2D eigenvalue weighted by Gasteiger charge is -2.16. The van der Waals surface area contributed by atoms with Crippen LogP contribution in [0.15, 0.2) is 18.2 Å². The quantitative estimate of drug-likeness (QED) is 0.875. The van der Waals surface area contributed by atoms with Crippen molar-refractivity contribution in [1.82, 2.24) is 5.32 Å². The number of phenolic OH excluding ortho intramolecular Hbond substituents is 1. The first kappa shape index (κ1) is 14.1. The summed E-state index contributed by atoms with van der Waals surface area (Å²) in [4.78, 5) is 0. The van der Waals surface area contributed by atoms with Crippen LogP contribution in [0.2, 0.25) is 5.02 Å². The second kappa shape index (κ2) is 5.60. The zero-order chi connectivity index (χ0) is 13.1. The second-order valence-electron chi connectivity index (χ2n) is 3.85. The van der Waals surface area contributed by atoms with Gasteiger partial charge in [0.15, 0.2) is 0 Å². The molecule has 0 aliphatic heterocycles. The Labute approximate surface area is 102 Å². The summed E-state index contributed by atoms with van der Waals surface area (Å²) in [5.41, 5.74) is 0.478. The minimum Gasteiger partial charge on any atom is -0.506 e. The minimum atomic E-state index is -4.19. The predicted molar refractivity (Wildman–Crippen MR) is 60.1 cm³/mol. The largest absolute Gasteiger partial charge is 0.506 e. The molecule has 2 N–H and O–H groups in total. The summed E-state index contributed by atoms with van der Waals surface area (Å²) in [6, 6.07) is 4.04. The summed E-state index contributed by atoms with van der Waals surface area (Å²) >= 11 is 5.68. The molecule has 1 atom stereocenters. The molecule has 6 heteroatoms. The zero-order valence-electron chi connectivity index (χ0n) is 9.18. The molecule has 1 unspecified atom stereocenters. The van der Waals surface area contributed by atoms with E-state index in [2.05, 4.69) is 5.32 Å². The molecule has 2 nitrogen and oxygen atoms in total. The normalized spacial score (nSPS) is 13.7. The van der Waals surface area contributed by atoms with E-state index >= 15 is 0 Å². The van der Waals surface area contributed by atoms with Crippen molar-refractivity contribution in [3.05, 3.63) is 28.8 Å². The third kappa shape index (κ3) is 4.83. The van der Waals surface area contributed by atoms with E-state index in [9.17, 15) is 18.3 Å². The van der Waals surface area contributed by atoms with E-state index in [0.29, 0.717) is 5.56 Å². The van der Waals surface area contributed by atoms with Crippen LogP contribution in [0.3, 0.4) is 0 Å². The number of rotatable bonds is 4. The van der Waals surface area contributed by atoms with E-state index < -0.39 is 18.6 Å². The minimum absolute atomic E-state index is 0.0964. The molecule has 96 valence electrons. The second-order valence-corrected chi connectivity index (χ2v) is 4.26. The van der Waals surface area contributed by atoms with Crippen molar-refractivity contribution in [1.29, 1.82) is 0 Å². The maximum absolute atomic E-state index is 12.1. The molecule has 0 aromatic heterocycles. The van der Waals surface area contributed by atoms with Gasteiger partial charge in [-0.25, -0.2) is 0 Å². The van der Waals surface area contributed by atoms with E-state index in [0.717, 1.165) is 0 Å². The summed E-state index contributed by atoms with van der Waals surface area (Å²) in [6.07, 6.45) is -5.10. The van der Waals surface area contributed by atoms with Crippen LogP contribution in [0.5, 0.6) is 5.75 Å². The summed E-state index contributed by atoms with van der Waals surface area (Å²) in [6.45, 7) is 1.58. The van der Waals surface area contributed by atoms with Gasteiger partial charge in [0.2, 0.25) is 0 Å². The fraction of sp³-hybridized carbons (Fsp3) is 0.455. The molecule has 1 aromatic carbocycles. The van der Waals surface area contributed by atoms with E-state index in [1.165, 1.54) is 13.0 Å². The van der Waals surface area contributed by atoms with Gasteiger partial charge in [0.25, 0.3) is 0 Å². The Morgan fingerprint density at radius 3 is 2.65 bits per heavy atom. The van der Waals surface area contributed by atoms with E-state index in [1.54, 1.807) is 12.1 Å². The average Bonchev–Trinajstić information content (AvgIpc) is 2.18. The van der Waals surface area contributed by atoms with Crippen LogP contribution in [-0.2, 0) is 6.54 Å². The molecule has 0 aliphatic carbocycles. The van der Waals surface area contributed by atoms with Gasteiger partial charge in [-0.15, -0.1) is 0 Å². The Morgan fingerprint density at radius 2 is 2.06 bits per heavy atom. The van der Waals surface area contributed by atoms with Crippen molar-refractivity contribution >= 4 is 11.6 Å². The maximum Gasteiger partial charge on any atom is 0.390 e. The van der Waals surface area contributed by atoms with Gasteiger partial charge in [0, 0.05) is 18.2 Å². The van der Waals surface area contributed by atoms with Crippen molar-refractivity contribution in [2.24, 2.45) is 0 Å². The van der Waals surface area contributed by atoms with Gasteiger partial charge in [0.05, 0.1) is 11.4 Å². The molecular formula is C11H13ClF3NO. The van der Waals surface area contributed by atoms with Gasteiger partial charge in [-0.3, -0.25) is 0 Å². The number of aromatic hydroxyl groups is 1. The number of phenols is 1. The van der Waals surface area contributed by atoms with E-state index in [1.807, 2.05) is 0 Å². The van der Waals surface area contributed by atoms with Gasteiger partial charge in [0.1, 0.15) is 5.75 Å². The summed E-state index contributed by atoms with van der Waals surface area (Å²) in [7, 11) is 0. The fourth-order valence-electron chi connectivity index (χ4n) is 1.41. The summed E-state index contributed by atoms with van der Waals surface area (Å²) < 4.78 is 36.2. The van der Waals surface area contributed by atoms with Gasteiger partial charge >= 0.3 is 6.18 Å². The van der Waals surface area contributed by atoms with Crippen LogP contribution in [0.1, 0.15) is 18.9 Å². The number of hydrogen-bond donors (Lipinski definition) is 2. The molecule has 0 bridgehead atoms.